The van der Waals surface area contributed by atoms with Gasteiger partial charge in [0.1, 0.15) is 11.6 Å². The average Bonchev–Trinajstić information content (AvgIpc) is 3.01. The minimum atomic E-state index is -0.584. The van der Waals surface area contributed by atoms with E-state index >= 15 is 0 Å². The quantitative estimate of drug-likeness (QED) is 0.755. The normalized spacial score (nSPS) is 13.5. The molecule has 2 aromatic carbocycles. The molecule has 5 nitrogen and oxygen atoms in total. The van der Waals surface area contributed by atoms with Gasteiger partial charge in [-0.1, -0.05) is 29.8 Å². The lowest BCUT2D eigenvalue weighted by molar-refractivity contribution is -0.128. The number of aryl methyl sites for hydroxylation is 1. The first-order valence-corrected chi connectivity index (χ1v) is 8.01. The number of aromatic amines is 1. The molecule has 2 N–H and O–H groups in total. The summed E-state index contributed by atoms with van der Waals surface area (Å²) in [5.41, 5.74) is 2.99. The highest BCUT2D eigenvalue weighted by Crippen LogP contribution is 2.17. The number of fused-ring (bicyclic) bond motifs is 1. The van der Waals surface area contributed by atoms with E-state index < -0.39 is 6.10 Å². The maximum absolute atomic E-state index is 12.3. The summed E-state index contributed by atoms with van der Waals surface area (Å²) in [6, 6.07) is 15.2. The van der Waals surface area contributed by atoms with Crippen molar-refractivity contribution in [3.63, 3.8) is 0 Å². The molecular weight excluding hydrogens is 302 g/mol. The molecule has 1 heterocycles. The van der Waals surface area contributed by atoms with Crippen LogP contribution >= 0.6 is 0 Å². The molecule has 5 heteroatoms. The molecule has 24 heavy (non-hydrogen) atoms. The number of para-hydroxylation sites is 2. The number of carbonyl (C=O) groups excluding carboxylic acids is 1. The molecule has 3 rings (SSSR count). The van der Waals surface area contributed by atoms with Crippen LogP contribution in [0.1, 0.15) is 31.3 Å². The lowest BCUT2D eigenvalue weighted by atomic mass is 10.2. The molecule has 3 aromatic rings. The highest BCUT2D eigenvalue weighted by atomic mass is 16.5. The number of ether oxygens (including phenoxy) is 1. The van der Waals surface area contributed by atoms with Crippen molar-refractivity contribution in [3.8, 4) is 5.75 Å². The van der Waals surface area contributed by atoms with Crippen LogP contribution in [0.15, 0.2) is 48.5 Å². The summed E-state index contributed by atoms with van der Waals surface area (Å²) in [5, 5.41) is 2.93. The SMILES string of the molecule is Cc1ccc(O[C@@H](C)C(=O)N[C@@H](C)c2nc3ccccc3[nH]2)cc1. The average molecular weight is 323 g/mol. The van der Waals surface area contributed by atoms with Gasteiger partial charge >= 0.3 is 0 Å². The molecule has 0 bridgehead atoms. The summed E-state index contributed by atoms with van der Waals surface area (Å²) >= 11 is 0. The van der Waals surface area contributed by atoms with Crippen LogP contribution in [0.5, 0.6) is 5.75 Å². The number of nitrogens with zero attached hydrogens (tertiary/aromatic N) is 1. The minimum Gasteiger partial charge on any atom is -0.481 e. The van der Waals surface area contributed by atoms with E-state index in [-0.39, 0.29) is 11.9 Å². The number of H-pyrrole nitrogens is 1. The summed E-state index contributed by atoms with van der Waals surface area (Å²) < 4.78 is 5.68. The number of amides is 1. The fourth-order valence-electron chi connectivity index (χ4n) is 2.45. The first kappa shape index (κ1) is 16.1. The van der Waals surface area contributed by atoms with E-state index in [1.54, 1.807) is 6.92 Å². The van der Waals surface area contributed by atoms with Crippen molar-refractivity contribution in [2.75, 3.05) is 0 Å². The minimum absolute atomic E-state index is 0.177. The molecule has 0 fully saturated rings. The van der Waals surface area contributed by atoms with E-state index in [2.05, 4.69) is 15.3 Å². The van der Waals surface area contributed by atoms with E-state index in [4.69, 9.17) is 4.74 Å². The van der Waals surface area contributed by atoms with Crippen LogP contribution in [0.4, 0.5) is 0 Å². The molecule has 0 aliphatic rings. The first-order chi connectivity index (χ1) is 11.5. The van der Waals surface area contributed by atoms with Gasteiger partial charge in [-0.05, 0) is 45.0 Å². The molecule has 1 amide bonds. The maximum atomic E-state index is 12.3. The summed E-state index contributed by atoms with van der Waals surface area (Å²) in [6.45, 7) is 5.64. The van der Waals surface area contributed by atoms with Gasteiger partial charge in [0, 0.05) is 0 Å². The van der Waals surface area contributed by atoms with Crippen molar-refractivity contribution < 1.29 is 9.53 Å². The Morgan fingerprint density at radius 3 is 2.54 bits per heavy atom. The van der Waals surface area contributed by atoms with Crippen LogP contribution in [0, 0.1) is 6.92 Å². The largest absolute Gasteiger partial charge is 0.481 e. The lowest BCUT2D eigenvalue weighted by Crippen LogP contribution is -2.38. The van der Waals surface area contributed by atoms with Gasteiger partial charge in [-0.3, -0.25) is 4.79 Å². The zero-order chi connectivity index (χ0) is 17.1. The number of carbonyl (C=O) groups is 1. The van der Waals surface area contributed by atoms with Gasteiger partial charge in [0.05, 0.1) is 17.1 Å². The van der Waals surface area contributed by atoms with Crippen molar-refractivity contribution in [2.45, 2.75) is 32.9 Å². The van der Waals surface area contributed by atoms with Crippen LogP contribution in [-0.4, -0.2) is 22.0 Å². The zero-order valence-electron chi connectivity index (χ0n) is 14.0. The van der Waals surface area contributed by atoms with E-state index in [0.717, 1.165) is 22.4 Å². The molecule has 1 aromatic heterocycles. The Kier molecular flexibility index (Phi) is 4.51. The molecule has 2 atom stereocenters. The van der Waals surface area contributed by atoms with Gasteiger partial charge in [0.2, 0.25) is 0 Å². The van der Waals surface area contributed by atoms with Gasteiger partial charge in [-0.2, -0.15) is 0 Å². The highest BCUT2D eigenvalue weighted by molar-refractivity contribution is 5.81. The molecule has 124 valence electrons. The number of imidazole rings is 1. The van der Waals surface area contributed by atoms with Gasteiger partial charge in [0.25, 0.3) is 5.91 Å². The van der Waals surface area contributed by atoms with Crippen LogP contribution in [-0.2, 0) is 4.79 Å². The molecule has 0 aliphatic carbocycles. The Labute approximate surface area is 141 Å². The lowest BCUT2D eigenvalue weighted by Gasteiger charge is -2.17. The molecule has 0 spiro atoms. The van der Waals surface area contributed by atoms with Crippen LogP contribution in [0.2, 0.25) is 0 Å². The van der Waals surface area contributed by atoms with Crippen molar-refractivity contribution in [3.05, 3.63) is 59.9 Å². The topological polar surface area (TPSA) is 67.0 Å². The zero-order valence-corrected chi connectivity index (χ0v) is 14.0. The predicted molar refractivity (Wildman–Crippen MR) is 93.9 cm³/mol. The molecular formula is C19H21N3O2. The third-order valence-electron chi connectivity index (χ3n) is 3.88. The number of hydrogen-bond donors (Lipinski definition) is 2. The van der Waals surface area contributed by atoms with Gasteiger partial charge in [-0.15, -0.1) is 0 Å². The Morgan fingerprint density at radius 1 is 1.12 bits per heavy atom. The molecule has 0 saturated heterocycles. The predicted octanol–water partition coefficient (Wildman–Crippen LogP) is 3.52. The fourth-order valence-corrected chi connectivity index (χ4v) is 2.45. The third-order valence-corrected chi connectivity index (χ3v) is 3.88. The second-order valence-electron chi connectivity index (χ2n) is 5.94. The summed E-state index contributed by atoms with van der Waals surface area (Å²) in [7, 11) is 0. The van der Waals surface area contributed by atoms with Crippen LogP contribution in [0.25, 0.3) is 11.0 Å². The van der Waals surface area contributed by atoms with Crippen molar-refractivity contribution in [1.29, 1.82) is 0 Å². The van der Waals surface area contributed by atoms with E-state index in [1.807, 2.05) is 62.4 Å². The maximum Gasteiger partial charge on any atom is 0.261 e. The van der Waals surface area contributed by atoms with E-state index in [1.165, 1.54) is 0 Å². The van der Waals surface area contributed by atoms with Crippen molar-refractivity contribution >= 4 is 16.9 Å². The van der Waals surface area contributed by atoms with Gasteiger partial charge in [-0.25, -0.2) is 4.98 Å². The number of rotatable bonds is 5. The monoisotopic (exact) mass is 323 g/mol. The Hall–Kier alpha value is -2.82. The smallest absolute Gasteiger partial charge is 0.261 e. The number of benzene rings is 2. The third kappa shape index (κ3) is 3.56. The second kappa shape index (κ2) is 6.74. The van der Waals surface area contributed by atoms with Gasteiger partial charge < -0.3 is 15.0 Å². The van der Waals surface area contributed by atoms with Gasteiger partial charge in [0.15, 0.2) is 6.10 Å². The summed E-state index contributed by atoms with van der Waals surface area (Å²) in [4.78, 5) is 20.1. The summed E-state index contributed by atoms with van der Waals surface area (Å²) in [5.74, 6) is 1.23. The van der Waals surface area contributed by atoms with Crippen molar-refractivity contribution in [2.24, 2.45) is 0 Å². The highest BCUT2D eigenvalue weighted by Gasteiger charge is 2.19. The van der Waals surface area contributed by atoms with E-state index in [0.29, 0.717) is 5.75 Å². The number of nitrogens with one attached hydrogen (secondary N) is 2. The fraction of sp³-hybridized carbons (Fsp3) is 0.263. The van der Waals surface area contributed by atoms with Crippen LogP contribution < -0.4 is 10.1 Å². The summed E-state index contributed by atoms with van der Waals surface area (Å²) in [6.07, 6.45) is -0.584. The number of hydrogen-bond acceptors (Lipinski definition) is 3. The van der Waals surface area contributed by atoms with Crippen molar-refractivity contribution in [1.82, 2.24) is 15.3 Å². The second-order valence-corrected chi connectivity index (χ2v) is 5.94. The molecule has 0 aliphatic heterocycles. The first-order valence-electron chi connectivity index (χ1n) is 8.01. The molecule has 0 unspecified atom stereocenters. The van der Waals surface area contributed by atoms with E-state index in [9.17, 15) is 4.79 Å². The Balaban J connectivity index is 1.63. The van der Waals surface area contributed by atoms with Crippen LogP contribution in [0.3, 0.4) is 0 Å². The standard InChI is InChI=1S/C19H21N3O2/c1-12-8-10-15(11-9-12)24-14(3)19(23)20-13(2)18-21-16-6-4-5-7-17(16)22-18/h4-11,13-14H,1-3H3,(H,20,23)(H,21,22)/t13-,14-/m0/s1. The molecule has 0 radical (unpaired) electrons. The Morgan fingerprint density at radius 2 is 1.83 bits per heavy atom. The Bertz CT molecular complexity index is 806. The molecule has 0 saturated carbocycles. The number of aromatic nitrogens is 2.